The van der Waals surface area contributed by atoms with Gasteiger partial charge in [-0.3, -0.25) is 0 Å². The van der Waals surface area contributed by atoms with Crippen molar-refractivity contribution in [3.05, 3.63) is 0 Å². The Morgan fingerprint density at radius 1 is 0.200 bits per heavy atom. The van der Waals surface area contributed by atoms with Crippen molar-refractivity contribution in [3.63, 3.8) is 0 Å². The topological polar surface area (TPSA) is 314 Å². The van der Waals surface area contributed by atoms with Gasteiger partial charge in [-0.15, -0.1) is 0 Å². The molecule has 0 atom stereocenters. The van der Waals surface area contributed by atoms with Crippen LogP contribution in [0.25, 0.3) is 0 Å². The summed E-state index contributed by atoms with van der Waals surface area (Å²) in [7, 11) is 0. The van der Waals surface area contributed by atoms with Crippen molar-refractivity contribution < 1.29 is 147 Å². The van der Waals surface area contributed by atoms with Gasteiger partial charge in [0.1, 0.15) is 0 Å². The Morgan fingerprint density at radius 3 is 0.200 bits per heavy atom. The molecule has 0 aliphatic carbocycles. The van der Waals surface area contributed by atoms with Crippen LogP contribution in [-0.4, -0.2) is 0 Å². The van der Waals surface area contributed by atoms with Crippen LogP contribution in [0.2, 0.25) is 0 Å². The van der Waals surface area contributed by atoms with Crippen molar-refractivity contribution in [2.45, 2.75) is 0 Å². The van der Waals surface area contributed by atoms with Gasteiger partial charge in [0.15, 0.2) is 0 Å². The summed E-state index contributed by atoms with van der Waals surface area (Å²) < 4.78 is 0. The fourth-order valence-corrected chi connectivity index (χ4v) is 0. The molecule has 0 aliphatic rings. The zero-order valence-electron chi connectivity index (χ0n) is 6.20. The summed E-state index contributed by atoms with van der Waals surface area (Å²) in [5, 5.41) is 0. The van der Waals surface area contributed by atoms with E-state index in [2.05, 4.69) is 0 Å². The molecule has 88 valence electrons. The SMILES string of the molecule is [O-2].[O-2].[O-2].[O-2].[O-2].[O-2].[O-2].[O-2].[O-2].[O-2].[O-2].[Ta+5].[Ta+5].[W+6].[W+6]. The standard InChI is InChI=1S/11O.2Ta.2W/q11*-2;2*+5;2*+6. The molecule has 0 aromatic carbocycles. The van der Waals surface area contributed by atoms with Crippen LogP contribution in [-0.2, 0) is 147 Å². The van der Waals surface area contributed by atoms with E-state index in [1.165, 1.54) is 0 Å². The van der Waals surface area contributed by atoms with Crippen molar-refractivity contribution in [2.75, 3.05) is 0 Å². The third-order valence-electron chi connectivity index (χ3n) is 0. The van der Waals surface area contributed by atoms with Crippen LogP contribution in [0.5, 0.6) is 0 Å². The van der Waals surface area contributed by atoms with Crippen LogP contribution >= 0.6 is 0 Å². The van der Waals surface area contributed by atoms with Crippen LogP contribution in [0.1, 0.15) is 0 Å². The maximum atomic E-state index is 0. The van der Waals surface area contributed by atoms with Crippen molar-refractivity contribution >= 4 is 0 Å². The summed E-state index contributed by atoms with van der Waals surface area (Å²) in [4.78, 5) is 0. The fraction of sp³-hybridized carbons (Fsp3) is 0. The fourth-order valence-electron chi connectivity index (χ4n) is 0. The van der Waals surface area contributed by atoms with Crippen molar-refractivity contribution in [1.29, 1.82) is 0 Å². The van der Waals surface area contributed by atoms with Gasteiger partial charge in [0.25, 0.3) is 0 Å². The van der Waals surface area contributed by atoms with E-state index in [0.717, 1.165) is 0 Å². The summed E-state index contributed by atoms with van der Waals surface area (Å²) in [5.41, 5.74) is 0. The van der Waals surface area contributed by atoms with Gasteiger partial charge in [0.2, 0.25) is 0 Å². The van der Waals surface area contributed by atoms with Gasteiger partial charge in [-0.05, 0) is 0 Å². The molecule has 0 amide bonds. The number of hydrogen-bond donors (Lipinski definition) is 0. The van der Waals surface area contributed by atoms with E-state index in [9.17, 15) is 0 Å². The van der Waals surface area contributed by atoms with Gasteiger partial charge >= 0.3 is 86.9 Å². The first kappa shape index (κ1) is 803. The molecular formula is O11Ta2W2. The molecule has 0 rings (SSSR count). The number of hydrogen-bond acceptors (Lipinski definition) is 0. The van der Waals surface area contributed by atoms with Crippen molar-refractivity contribution in [2.24, 2.45) is 0 Å². The van der Waals surface area contributed by atoms with Gasteiger partial charge in [-0.1, -0.05) is 0 Å². The first-order chi connectivity index (χ1) is 0. The summed E-state index contributed by atoms with van der Waals surface area (Å²) in [6, 6.07) is 0. The average molecular weight is 906 g/mol. The Bertz CT molecular complexity index is 16.5. The zero-order valence-corrected chi connectivity index (χ0v) is 18.5. The van der Waals surface area contributed by atoms with Crippen LogP contribution in [0, 0.1) is 0 Å². The second-order valence-corrected chi connectivity index (χ2v) is 0. The van der Waals surface area contributed by atoms with E-state index in [4.69, 9.17) is 0 Å². The van der Waals surface area contributed by atoms with Crippen LogP contribution in [0.3, 0.4) is 0 Å². The molecule has 0 unspecified atom stereocenters. The van der Waals surface area contributed by atoms with Crippen LogP contribution in [0.4, 0.5) is 0 Å². The van der Waals surface area contributed by atoms with Crippen molar-refractivity contribution in [3.8, 4) is 0 Å². The predicted molar refractivity (Wildman–Crippen MR) is 7.55 cm³/mol. The minimum absolute atomic E-state index is 0. The molecule has 0 heterocycles. The maximum absolute atomic E-state index is 0. The normalized spacial score (nSPS) is 0. The quantitative estimate of drug-likeness (QED) is 0.273. The molecule has 0 aromatic rings. The van der Waals surface area contributed by atoms with Gasteiger partial charge < -0.3 is 60.2 Å². The molecule has 0 bridgehead atoms. The minimum Gasteiger partial charge on any atom is -2.00 e. The maximum Gasteiger partial charge on any atom is 6.00 e. The minimum atomic E-state index is 0. The van der Waals surface area contributed by atoms with E-state index >= 15 is 0 Å². The first-order valence-corrected chi connectivity index (χ1v) is 0. The Hall–Kier alpha value is 2.42. The van der Waals surface area contributed by atoms with Gasteiger partial charge in [-0.2, -0.15) is 0 Å². The second kappa shape index (κ2) is 668. The molecule has 0 aliphatic heterocycles. The third-order valence-corrected chi connectivity index (χ3v) is 0. The van der Waals surface area contributed by atoms with E-state index in [-0.39, 0.29) is 147 Å². The van der Waals surface area contributed by atoms with Gasteiger partial charge in [0.05, 0.1) is 0 Å². The molecule has 11 nitrogen and oxygen atoms in total. The van der Waals surface area contributed by atoms with Gasteiger partial charge in [0, 0.05) is 0 Å². The molecular weight excluding hydrogens is 906 g/mol. The second-order valence-electron chi connectivity index (χ2n) is 0. The molecule has 15 heavy (non-hydrogen) atoms. The first-order valence-electron chi connectivity index (χ1n) is 0. The average Bonchev–Trinajstić information content (AvgIpc) is 0. The largest absolute Gasteiger partial charge is 6.00 e. The van der Waals surface area contributed by atoms with Crippen LogP contribution in [0.15, 0.2) is 0 Å². The van der Waals surface area contributed by atoms with Gasteiger partial charge in [-0.25, -0.2) is 0 Å². The summed E-state index contributed by atoms with van der Waals surface area (Å²) in [6.07, 6.45) is 0. The van der Waals surface area contributed by atoms with Crippen LogP contribution < -0.4 is 0 Å². The molecule has 0 aromatic heterocycles. The molecule has 0 N–H and O–H groups in total. The molecule has 0 spiro atoms. The molecule has 0 saturated carbocycles. The van der Waals surface area contributed by atoms with E-state index in [1.54, 1.807) is 0 Å². The van der Waals surface area contributed by atoms with Crippen molar-refractivity contribution in [1.82, 2.24) is 0 Å². The smallest absolute Gasteiger partial charge is 2.00 e. The third kappa shape index (κ3) is 584. The molecule has 0 fully saturated rings. The molecule has 0 saturated heterocycles. The Balaban J connectivity index is 0. The Morgan fingerprint density at radius 2 is 0.200 bits per heavy atom. The Kier molecular flexibility index (Phi) is 35800. The van der Waals surface area contributed by atoms with E-state index in [0.29, 0.717) is 0 Å². The van der Waals surface area contributed by atoms with E-state index in [1.807, 2.05) is 0 Å². The Labute approximate surface area is 146 Å². The zero-order chi connectivity index (χ0) is 0. The summed E-state index contributed by atoms with van der Waals surface area (Å²) in [6.45, 7) is 0. The summed E-state index contributed by atoms with van der Waals surface area (Å²) >= 11 is 0. The monoisotopic (exact) mass is 906 g/mol. The molecule has 15 heteroatoms. The number of rotatable bonds is 0. The predicted octanol–water partition coefficient (Wildman–Crippen LogP) is -1.32. The van der Waals surface area contributed by atoms with E-state index < -0.39 is 0 Å². The molecule has 0 radical (unpaired) electrons. The summed E-state index contributed by atoms with van der Waals surface area (Å²) in [5.74, 6) is 0.